The third kappa shape index (κ3) is 4.31. The molecular weight excluding hydrogens is 339 g/mol. The molecule has 0 aliphatic heterocycles. The summed E-state index contributed by atoms with van der Waals surface area (Å²) in [4.78, 5) is 35.0. The topological polar surface area (TPSA) is 75.3 Å². The number of anilines is 2. The van der Waals surface area contributed by atoms with Gasteiger partial charge in [0.2, 0.25) is 0 Å². The molecule has 0 spiro atoms. The molecule has 2 rings (SSSR count). The number of halogens is 2. The average Bonchev–Trinajstić information content (AvgIpc) is 2.51. The van der Waals surface area contributed by atoms with Crippen molar-refractivity contribution in [2.45, 2.75) is 6.92 Å². The second kappa shape index (κ2) is 7.26. The van der Waals surface area contributed by atoms with Gasteiger partial charge >= 0.3 is 11.8 Å². The maximum Gasteiger partial charge on any atom is 0.314 e. The Labute approximate surface area is 142 Å². The van der Waals surface area contributed by atoms with E-state index in [9.17, 15) is 14.4 Å². The highest BCUT2D eigenvalue weighted by Gasteiger charge is 2.17. The van der Waals surface area contributed by atoms with E-state index in [2.05, 4.69) is 10.6 Å². The number of benzene rings is 2. The lowest BCUT2D eigenvalue weighted by Crippen LogP contribution is -2.29. The Bertz CT molecular complexity index is 753. The molecular formula is C16H12Cl2N2O3. The quantitative estimate of drug-likeness (QED) is 0.653. The van der Waals surface area contributed by atoms with E-state index >= 15 is 0 Å². The minimum Gasteiger partial charge on any atom is -0.318 e. The van der Waals surface area contributed by atoms with Crippen LogP contribution in [0.4, 0.5) is 11.4 Å². The van der Waals surface area contributed by atoms with E-state index in [1.807, 2.05) is 0 Å². The predicted molar refractivity (Wildman–Crippen MR) is 90.2 cm³/mol. The molecule has 0 radical (unpaired) electrons. The van der Waals surface area contributed by atoms with Crippen molar-refractivity contribution in [3.05, 3.63) is 58.1 Å². The van der Waals surface area contributed by atoms with Crippen LogP contribution in [0.5, 0.6) is 0 Å². The molecule has 0 aromatic heterocycles. The maximum atomic E-state index is 11.9. The van der Waals surface area contributed by atoms with Gasteiger partial charge in [0, 0.05) is 11.3 Å². The number of carbonyl (C=O) groups excluding carboxylic acids is 3. The molecule has 2 N–H and O–H groups in total. The molecule has 2 aromatic rings. The zero-order chi connectivity index (χ0) is 17.0. The average molecular weight is 351 g/mol. The summed E-state index contributed by atoms with van der Waals surface area (Å²) in [7, 11) is 0. The molecule has 0 aliphatic carbocycles. The summed E-state index contributed by atoms with van der Waals surface area (Å²) < 4.78 is 0. The molecule has 0 bridgehead atoms. The lowest BCUT2D eigenvalue weighted by molar-refractivity contribution is -0.132. The monoisotopic (exact) mass is 350 g/mol. The van der Waals surface area contributed by atoms with Gasteiger partial charge in [-0.1, -0.05) is 29.3 Å². The third-order valence-corrected chi connectivity index (χ3v) is 3.59. The second-order valence-electron chi connectivity index (χ2n) is 4.64. The van der Waals surface area contributed by atoms with Crippen molar-refractivity contribution in [1.29, 1.82) is 0 Å². The minimum absolute atomic E-state index is 0.0889. The van der Waals surface area contributed by atoms with Crippen molar-refractivity contribution in [3.63, 3.8) is 0 Å². The lowest BCUT2D eigenvalue weighted by atomic mass is 10.1. The Morgan fingerprint density at radius 3 is 1.87 bits per heavy atom. The summed E-state index contributed by atoms with van der Waals surface area (Å²) in [6.07, 6.45) is 0. The highest BCUT2D eigenvalue weighted by molar-refractivity contribution is 6.46. The molecule has 5 nitrogen and oxygen atoms in total. The Balaban J connectivity index is 2.05. The van der Waals surface area contributed by atoms with Crippen molar-refractivity contribution in [3.8, 4) is 0 Å². The predicted octanol–water partition coefficient (Wildman–Crippen LogP) is 3.77. The molecule has 118 valence electrons. The number of nitrogens with one attached hydrogen (secondary N) is 2. The molecule has 0 aliphatic rings. The van der Waals surface area contributed by atoms with Crippen molar-refractivity contribution in [2.75, 3.05) is 10.6 Å². The smallest absolute Gasteiger partial charge is 0.314 e. The summed E-state index contributed by atoms with van der Waals surface area (Å²) >= 11 is 11.8. The van der Waals surface area contributed by atoms with Crippen LogP contribution in [0, 0.1) is 0 Å². The number of ketones is 1. The van der Waals surface area contributed by atoms with Crippen molar-refractivity contribution in [2.24, 2.45) is 0 Å². The molecule has 2 aromatic carbocycles. The van der Waals surface area contributed by atoms with Gasteiger partial charge in [-0.3, -0.25) is 14.4 Å². The van der Waals surface area contributed by atoms with Gasteiger partial charge < -0.3 is 10.6 Å². The van der Waals surface area contributed by atoms with Gasteiger partial charge in [-0.15, -0.1) is 0 Å². The van der Waals surface area contributed by atoms with Gasteiger partial charge in [-0.25, -0.2) is 0 Å². The summed E-state index contributed by atoms with van der Waals surface area (Å²) in [5.41, 5.74) is 1.07. The van der Waals surface area contributed by atoms with E-state index in [0.717, 1.165) is 0 Å². The first-order valence-corrected chi connectivity index (χ1v) is 7.31. The maximum absolute atomic E-state index is 11.9. The van der Waals surface area contributed by atoms with Crippen LogP contribution in [0.3, 0.4) is 0 Å². The van der Waals surface area contributed by atoms with Crippen molar-refractivity contribution in [1.82, 2.24) is 0 Å². The summed E-state index contributed by atoms with van der Waals surface area (Å²) in [5.74, 6) is -1.87. The van der Waals surface area contributed by atoms with Crippen LogP contribution in [0.15, 0.2) is 42.5 Å². The van der Waals surface area contributed by atoms with E-state index < -0.39 is 11.8 Å². The highest BCUT2D eigenvalue weighted by Crippen LogP contribution is 2.29. The van der Waals surface area contributed by atoms with E-state index in [-0.39, 0.29) is 21.5 Å². The van der Waals surface area contributed by atoms with E-state index in [0.29, 0.717) is 11.3 Å². The van der Waals surface area contributed by atoms with Gasteiger partial charge in [0.1, 0.15) is 0 Å². The van der Waals surface area contributed by atoms with Gasteiger partial charge in [-0.05, 0) is 43.3 Å². The standard InChI is InChI=1S/C16H12Cl2N2O3/c1-9(21)10-5-7-11(8-6-10)19-15(22)16(23)20-14-12(17)3-2-4-13(14)18/h2-8H,1H3,(H,19,22)(H,20,23). The molecule has 23 heavy (non-hydrogen) atoms. The Morgan fingerprint density at radius 1 is 0.826 bits per heavy atom. The first kappa shape index (κ1) is 17.0. The molecule has 0 heterocycles. The summed E-state index contributed by atoms with van der Waals surface area (Å²) in [6, 6.07) is 10.9. The number of Topliss-reactive ketones (excluding diaryl/α,β-unsaturated/α-hetero) is 1. The molecule has 0 saturated heterocycles. The molecule has 0 fully saturated rings. The third-order valence-electron chi connectivity index (χ3n) is 2.96. The van der Waals surface area contributed by atoms with E-state index in [4.69, 9.17) is 23.2 Å². The number of amides is 2. The molecule has 2 amide bonds. The Morgan fingerprint density at radius 2 is 1.35 bits per heavy atom. The van der Waals surface area contributed by atoms with Gasteiger partial charge in [0.15, 0.2) is 5.78 Å². The van der Waals surface area contributed by atoms with Crippen molar-refractivity contribution >= 4 is 52.2 Å². The first-order chi connectivity index (χ1) is 10.9. The van der Waals surface area contributed by atoms with Gasteiger partial charge in [-0.2, -0.15) is 0 Å². The normalized spacial score (nSPS) is 10.0. The highest BCUT2D eigenvalue weighted by atomic mass is 35.5. The molecule has 0 atom stereocenters. The number of carbonyl (C=O) groups is 3. The fourth-order valence-corrected chi connectivity index (χ4v) is 2.26. The SMILES string of the molecule is CC(=O)c1ccc(NC(=O)C(=O)Nc2c(Cl)cccc2Cl)cc1. The molecule has 0 saturated carbocycles. The fraction of sp³-hybridized carbons (Fsp3) is 0.0625. The van der Waals surface area contributed by atoms with Crippen LogP contribution in [-0.4, -0.2) is 17.6 Å². The van der Waals surface area contributed by atoms with E-state index in [1.54, 1.807) is 30.3 Å². The van der Waals surface area contributed by atoms with Crippen LogP contribution in [0.2, 0.25) is 10.0 Å². The van der Waals surface area contributed by atoms with Gasteiger partial charge in [0.25, 0.3) is 0 Å². The van der Waals surface area contributed by atoms with Crippen LogP contribution >= 0.6 is 23.2 Å². The van der Waals surface area contributed by atoms with Crippen molar-refractivity contribution < 1.29 is 14.4 Å². The zero-order valence-electron chi connectivity index (χ0n) is 12.0. The van der Waals surface area contributed by atoms with Gasteiger partial charge in [0.05, 0.1) is 15.7 Å². The summed E-state index contributed by atoms with van der Waals surface area (Å²) in [6.45, 7) is 1.44. The number of rotatable bonds is 3. The molecule has 0 unspecified atom stereocenters. The minimum atomic E-state index is -0.907. The number of hydrogen-bond donors (Lipinski definition) is 2. The molecule has 7 heteroatoms. The van der Waals surface area contributed by atoms with E-state index in [1.165, 1.54) is 19.1 Å². The van der Waals surface area contributed by atoms with Crippen LogP contribution < -0.4 is 10.6 Å². The Hall–Kier alpha value is -2.37. The van der Waals surface area contributed by atoms with Crippen LogP contribution in [0.1, 0.15) is 17.3 Å². The fourth-order valence-electron chi connectivity index (χ4n) is 1.76. The largest absolute Gasteiger partial charge is 0.318 e. The zero-order valence-corrected chi connectivity index (χ0v) is 13.5. The van der Waals surface area contributed by atoms with Crippen LogP contribution in [-0.2, 0) is 9.59 Å². The second-order valence-corrected chi connectivity index (χ2v) is 5.45. The number of hydrogen-bond acceptors (Lipinski definition) is 3. The number of para-hydroxylation sites is 1. The Kier molecular flexibility index (Phi) is 5.36. The summed E-state index contributed by atoms with van der Waals surface area (Å²) in [5, 5.41) is 5.23. The first-order valence-electron chi connectivity index (χ1n) is 6.56. The lowest BCUT2D eigenvalue weighted by Gasteiger charge is -2.09. The van der Waals surface area contributed by atoms with Crippen LogP contribution in [0.25, 0.3) is 0 Å².